The minimum Gasteiger partial charge on any atom is -0.496 e. The number of ether oxygens (including phenoxy) is 1. The second kappa shape index (κ2) is 4.06. The molecular formula is C11H12ClN3O. The Morgan fingerprint density at radius 2 is 2.19 bits per heavy atom. The zero-order valence-corrected chi connectivity index (χ0v) is 9.53. The van der Waals surface area contributed by atoms with Crippen molar-refractivity contribution in [2.24, 2.45) is 10.7 Å². The van der Waals surface area contributed by atoms with E-state index in [1.165, 1.54) is 0 Å². The second-order valence-corrected chi connectivity index (χ2v) is 3.88. The van der Waals surface area contributed by atoms with Gasteiger partial charge in [0, 0.05) is 6.20 Å². The van der Waals surface area contributed by atoms with Crippen molar-refractivity contribution < 1.29 is 4.74 Å². The van der Waals surface area contributed by atoms with Gasteiger partial charge in [-0.3, -0.25) is 0 Å². The SMILES string of the molecule is COc1ccccc1C1(Cl)N=C(N)C=CN1. The molecular weight excluding hydrogens is 226 g/mol. The highest BCUT2D eigenvalue weighted by molar-refractivity contribution is 6.25. The molecule has 1 aromatic carbocycles. The maximum absolute atomic E-state index is 6.37. The van der Waals surface area contributed by atoms with Crippen LogP contribution in [0.3, 0.4) is 0 Å². The Morgan fingerprint density at radius 3 is 2.88 bits per heavy atom. The minimum atomic E-state index is -1.09. The van der Waals surface area contributed by atoms with Crippen LogP contribution in [0.25, 0.3) is 0 Å². The number of hydrogen-bond acceptors (Lipinski definition) is 4. The van der Waals surface area contributed by atoms with Gasteiger partial charge in [0.15, 0.2) is 0 Å². The Balaban J connectivity index is 2.47. The number of amidine groups is 1. The third kappa shape index (κ3) is 1.84. The number of halogens is 1. The summed E-state index contributed by atoms with van der Waals surface area (Å²) >= 11 is 6.37. The van der Waals surface area contributed by atoms with Gasteiger partial charge in [-0.05, 0) is 18.2 Å². The van der Waals surface area contributed by atoms with Crippen molar-refractivity contribution >= 4 is 17.4 Å². The van der Waals surface area contributed by atoms with E-state index in [1.54, 1.807) is 19.4 Å². The minimum absolute atomic E-state index is 0.375. The van der Waals surface area contributed by atoms with Crippen molar-refractivity contribution in [1.82, 2.24) is 5.32 Å². The van der Waals surface area contributed by atoms with Gasteiger partial charge >= 0.3 is 0 Å². The molecule has 1 heterocycles. The Morgan fingerprint density at radius 1 is 1.44 bits per heavy atom. The molecule has 16 heavy (non-hydrogen) atoms. The second-order valence-electron chi connectivity index (χ2n) is 3.34. The van der Waals surface area contributed by atoms with Crippen molar-refractivity contribution in [3.05, 3.63) is 42.1 Å². The standard InChI is InChI=1S/C11H12ClN3O/c1-16-9-5-3-2-4-8(9)11(12)14-7-6-10(13)15-11/h2-7,14H,1H3,(H2,13,15). The smallest absolute Gasteiger partial charge is 0.237 e. The van der Waals surface area contributed by atoms with E-state index in [9.17, 15) is 0 Å². The predicted molar refractivity (Wildman–Crippen MR) is 64.4 cm³/mol. The first-order valence-electron chi connectivity index (χ1n) is 4.78. The Kier molecular flexibility index (Phi) is 2.75. The lowest BCUT2D eigenvalue weighted by Crippen LogP contribution is -2.37. The van der Waals surface area contributed by atoms with E-state index in [1.807, 2.05) is 24.3 Å². The zero-order valence-electron chi connectivity index (χ0n) is 8.77. The number of rotatable bonds is 2. The molecule has 0 aliphatic carbocycles. The van der Waals surface area contributed by atoms with Crippen LogP contribution in [0.4, 0.5) is 0 Å². The van der Waals surface area contributed by atoms with Gasteiger partial charge in [0.25, 0.3) is 0 Å². The van der Waals surface area contributed by atoms with E-state index < -0.39 is 5.12 Å². The summed E-state index contributed by atoms with van der Waals surface area (Å²) in [7, 11) is 1.59. The number of hydrogen-bond donors (Lipinski definition) is 2. The van der Waals surface area contributed by atoms with Crippen LogP contribution in [0.1, 0.15) is 5.56 Å². The number of nitrogens with two attached hydrogens (primary N) is 1. The monoisotopic (exact) mass is 237 g/mol. The highest BCUT2D eigenvalue weighted by Gasteiger charge is 2.32. The van der Waals surface area contributed by atoms with Crippen molar-refractivity contribution in [2.75, 3.05) is 7.11 Å². The van der Waals surface area contributed by atoms with Crippen LogP contribution in [-0.4, -0.2) is 12.9 Å². The molecule has 3 N–H and O–H groups in total. The molecule has 1 unspecified atom stereocenters. The third-order valence-electron chi connectivity index (χ3n) is 2.28. The van der Waals surface area contributed by atoms with E-state index in [0.29, 0.717) is 11.6 Å². The Bertz CT molecular complexity index is 458. The van der Waals surface area contributed by atoms with Gasteiger partial charge in [-0.15, -0.1) is 0 Å². The molecule has 0 spiro atoms. The van der Waals surface area contributed by atoms with Gasteiger partial charge in [0.05, 0.1) is 12.7 Å². The highest BCUT2D eigenvalue weighted by atomic mass is 35.5. The number of nitrogens with one attached hydrogen (secondary N) is 1. The Labute approximate surface area is 98.8 Å². The van der Waals surface area contributed by atoms with Gasteiger partial charge in [0.1, 0.15) is 11.6 Å². The molecule has 5 heteroatoms. The van der Waals surface area contributed by atoms with Crippen LogP contribution in [0.2, 0.25) is 0 Å². The summed E-state index contributed by atoms with van der Waals surface area (Å²) in [5.41, 5.74) is 6.37. The fourth-order valence-corrected chi connectivity index (χ4v) is 1.86. The largest absolute Gasteiger partial charge is 0.496 e. The zero-order chi connectivity index (χ0) is 11.6. The van der Waals surface area contributed by atoms with Crippen molar-refractivity contribution in [1.29, 1.82) is 0 Å². The number of para-hydroxylation sites is 1. The van der Waals surface area contributed by atoms with Gasteiger partial charge in [-0.1, -0.05) is 23.7 Å². The van der Waals surface area contributed by atoms with E-state index in [-0.39, 0.29) is 0 Å². The van der Waals surface area contributed by atoms with E-state index in [0.717, 1.165) is 5.56 Å². The number of alkyl halides is 1. The predicted octanol–water partition coefficient (Wildman–Crippen LogP) is 1.52. The van der Waals surface area contributed by atoms with Gasteiger partial charge in [0.2, 0.25) is 5.12 Å². The number of nitrogens with zero attached hydrogens (tertiary/aromatic N) is 1. The summed E-state index contributed by atoms with van der Waals surface area (Å²) < 4.78 is 5.24. The average Bonchev–Trinajstić information content (AvgIpc) is 2.29. The maximum Gasteiger partial charge on any atom is 0.237 e. The lowest BCUT2D eigenvalue weighted by atomic mass is 10.1. The summed E-state index contributed by atoms with van der Waals surface area (Å²) in [4.78, 5) is 4.17. The fraction of sp³-hybridized carbons (Fsp3) is 0.182. The van der Waals surface area contributed by atoms with Crippen molar-refractivity contribution in [3.8, 4) is 5.75 Å². The molecule has 1 aromatic rings. The van der Waals surface area contributed by atoms with Crippen molar-refractivity contribution in [3.63, 3.8) is 0 Å². The van der Waals surface area contributed by atoms with E-state index in [4.69, 9.17) is 22.1 Å². The summed E-state index contributed by atoms with van der Waals surface area (Å²) in [5.74, 6) is 1.04. The van der Waals surface area contributed by atoms with Gasteiger partial charge < -0.3 is 15.8 Å². The highest BCUT2D eigenvalue weighted by Crippen LogP contribution is 2.35. The van der Waals surface area contributed by atoms with E-state index in [2.05, 4.69) is 10.3 Å². The van der Waals surface area contributed by atoms with Crippen LogP contribution < -0.4 is 15.8 Å². The molecule has 1 aliphatic rings. The number of benzene rings is 1. The maximum atomic E-state index is 6.37. The molecule has 1 aliphatic heterocycles. The first-order chi connectivity index (χ1) is 7.65. The molecule has 1 atom stereocenters. The quantitative estimate of drug-likeness (QED) is 0.606. The third-order valence-corrected chi connectivity index (χ3v) is 2.67. The summed E-state index contributed by atoms with van der Waals surface area (Å²) in [6, 6.07) is 7.40. The Hall–Kier alpha value is -1.68. The lowest BCUT2D eigenvalue weighted by molar-refractivity contribution is 0.398. The molecule has 0 amide bonds. The first kappa shape index (κ1) is 10.8. The van der Waals surface area contributed by atoms with Gasteiger partial charge in [-0.25, -0.2) is 4.99 Å². The van der Waals surface area contributed by atoms with E-state index >= 15 is 0 Å². The fourth-order valence-electron chi connectivity index (χ4n) is 1.54. The molecule has 4 nitrogen and oxygen atoms in total. The first-order valence-corrected chi connectivity index (χ1v) is 5.15. The molecule has 0 saturated carbocycles. The molecule has 0 radical (unpaired) electrons. The normalized spacial score (nSPS) is 23.5. The summed E-state index contributed by atoms with van der Waals surface area (Å²) in [6.45, 7) is 0. The number of methoxy groups -OCH3 is 1. The van der Waals surface area contributed by atoms with Crippen LogP contribution in [0.5, 0.6) is 5.75 Å². The van der Waals surface area contributed by atoms with Crippen LogP contribution >= 0.6 is 11.6 Å². The van der Waals surface area contributed by atoms with Crippen LogP contribution in [0.15, 0.2) is 41.5 Å². The molecule has 2 rings (SSSR count). The molecule has 84 valence electrons. The summed E-state index contributed by atoms with van der Waals surface area (Å²) in [5, 5.41) is 1.86. The molecule has 0 bridgehead atoms. The molecule has 0 aromatic heterocycles. The van der Waals surface area contributed by atoms with Crippen molar-refractivity contribution in [2.45, 2.75) is 5.12 Å². The lowest BCUT2D eigenvalue weighted by Gasteiger charge is -2.27. The summed E-state index contributed by atoms with van der Waals surface area (Å²) in [6.07, 6.45) is 3.32. The molecule has 0 saturated heterocycles. The van der Waals surface area contributed by atoms with Crippen LogP contribution in [-0.2, 0) is 5.12 Å². The number of aliphatic imine (C=N–C) groups is 1. The molecule has 0 fully saturated rings. The van der Waals surface area contributed by atoms with Crippen LogP contribution in [0, 0.1) is 0 Å². The van der Waals surface area contributed by atoms with Gasteiger partial charge in [-0.2, -0.15) is 0 Å². The average molecular weight is 238 g/mol. The topological polar surface area (TPSA) is 59.6 Å².